The smallest absolute Gasteiger partial charge is 0.251 e. The third-order valence-electron chi connectivity index (χ3n) is 5.76. The Kier molecular flexibility index (Phi) is 9.14. The maximum absolute atomic E-state index is 13.3. The second-order valence-corrected chi connectivity index (χ2v) is 10.4. The monoisotopic (exact) mass is 497 g/mol. The molecule has 0 fully saturated rings. The number of nitrogens with one attached hydrogen (secondary N) is 2. The molecule has 2 N–H and O–H groups in total. The molecular formula is C27H32FN3O3S. The third-order valence-corrected chi connectivity index (χ3v) is 7.15. The molecule has 0 aromatic heterocycles. The van der Waals surface area contributed by atoms with Crippen LogP contribution in [0.25, 0.3) is 0 Å². The molecule has 8 heteroatoms. The van der Waals surface area contributed by atoms with Crippen LogP contribution in [-0.2, 0) is 29.7 Å². The van der Waals surface area contributed by atoms with E-state index in [1.54, 1.807) is 30.3 Å². The van der Waals surface area contributed by atoms with Crippen LogP contribution in [0.5, 0.6) is 0 Å². The van der Waals surface area contributed by atoms with Gasteiger partial charge in [-0.25, -0.2) is 17.5 Å². The number of nitrogens with zero attached hydrogens (tertiary/aromatic N) is 1. The molecule has 0 saturated heterocycles. The number of carbonyl (C=O) groups excluding carboxylic acids is 1. The van der Waals surface area contributed by atoms with E-state index < -0.39 is 15.8 Å². The molecule has 1 amide bonds. The summed E-state index contributed by atoms with van der Waals surface area (Å²) in [5, 5.41) is 2.84. The Hall–Kier alpha value is -3.07. The predicted octanol–water partition coefficient (Wildman–Crippen LogP) is 4.46. The van der Waals surface area contributed by atoms with Crippen molar-refractivity contribution in [2.75, 3.05) is 6.54 Å². The molecule has 186 valence electrons. The van der Waals surface area contributed by atoms with Crippen LogP contribution in [-0.4, -0.2) is 31.8 Å². The maximum atomic E-state index is 13.3. The molecule has 35 heavy (non-hydrogen) atoms. The number of rotatable bonds is 11. The molecule has 0 unspecified atom stereocenters. The number of hydrogen-bond donors (Lipinski definition) is 2. The summed E-state index contributed by atoms with van der Waals surface area (Å²) in [6.45, 7) is 8.38. The summed E-state index contributed by atoms with van der Waals surface area (Å²) in [6.07, 6.45) is 0. The van der Waals surface area contributed by atoms with E-state index in [4.69, 9.17) is 0 Å². The van der Waals surface area contributed by atoms with Crippen LogP contribution < -0.4 is 10.0 Å². The number of benzene rings is 3. The van der Waals surface area contributed by atoms with Crippen LogP contribution in [0.4, 0.5) is 4.39 Å². The van der Waals surface area contributed by atoms with Crippen LogP contribution >= 0.6 is 0 Å². The van der Waals surface area contributed by atoms with Crippen LogP contribution in [0.3, 0.4) is 0 Å². The van der Waals surface area contributed by atoms with E-state index in [-0.39, 0.29) is 23.9 Å². The van der Waals surface area contributed by atoms with Gasteiger partial charge < -0.3 is 5.32 Å². The molecule has 3 rings (SSSR count). The van der Waals surface area contributed by atoms with Crippen molar-refractivity contribution in [3.8, 4) is 0 Å². The standard InChI is InChI=1S/C27H32FN3O3S/c1-4-31(20(2)3)19-21-11-13-24(14-12-21)27(32)29-17-23-8-6-10-26(16-23)35(33,34)30-18-22-7-5-9-25(28)15-22/h5-16,20,30H,4,17-19H2,1-3H3,(H,29,32). The first-order valence-corrected chi connectivity index (χ1v) is 13.1. The highest BCUT2D eigenvalue weighted by Crippen LogP contribution is 2.14. The highest BCUT2D eigenvalue weighted by molar-refractivity contribution is 7.89. The van der Waals surface area contributed by atoms with E-state index >= 15 is 0 Å². The van der Waals surface area contributed by atoms with Crippen molar-refractivity contribution in [1.29, 1.82) is 0 Å². The minimum Gasteiger partial charge on any atom is -0.348 e. The molecule has 0 bridgehead atoms. The average Bonchev–Trinajstić information content (AvgIpc) is 2.85. The molecule has 0 aliphatic rings. The second-order valence-electron chi connectivity index (χ2n) is 8.64. The lowest BCUT2D eigenvalue weighted by Crippen LogP contribution is -2.30. The maximum Gasteiger partial charge on any atom is 0.251 e. The van der Waals surface area contributed by atoms with Crippen molar-refractivity contribution < 1.29 is 17.6 Å². The first-order valence-electron chi connectivity index (χ1n) is 11.6. The van der Waals surface area contributed by atoms with Gasteiger partial charge in [0.15, 0.2) is 0 Å². The summed E-state index contributed by atoms with van der Waals surface area (Å²) < 4.78 is 41.2. The fourth-order valence-corrected chi connectivity index (χ4v) is 4.76. The Morgan fingerprint density at radius 3 is 2.20 bits per heavy atom. The van der Waals surface area contributed by atoms with Gasteiger partial charge in [0.1, 0.15) is 5.82 Å². The lowest BCUT2D eigenvalue weighted by atomic mass is 10.1. The quantitative estimate of drug-likeness (QED) is 0.410. The zero-order valence-corrected chi connectivity index (χ0v) is 21.1. The number of halogens is 1. The second kappa shape index (κ2) is 12.1. The fourth-order valence-electron chi connectivity index (χ4n) is 3.67. The van der Waals surface area contributed by atoms with E-state index in [2.05, 4.69) is 35.7 Å². The summed E-state index contributed by atoms with van der Waals surface area (Å²) >= 11 is 0. The highest BCUT2D eigenvalue weighted by atomic mass is 32.2. The summed E-state index contributed by atoms with van der Waals surface area (Å²) in [7, 11) is -3.80. The normalized spacial score (nSPS) is 11.7. The lowest BCUT2D eigenvalue weighted by Gasteiger charge is -2.24. The fraction of sp³-hybridized carbons (Fsp3) is 0.296. The minimum absolute atomic E-state index is 0.0236. The van der Waals surface area contributed by atoms with Crippen molar-refractivity contribution in [2.24, 2.45) is 0 Å². The number of hydrogen-bond acceptors (Lipinski definition) is 4. The minimum atomic E-state index is -3.80. The Morgan fingerprint density at radius 2 is 1.57 bits per heavy atom. The molecule has 0 atom stereocenters. The Labute approximate surface area is 207 Å². The molecule has 3 aromatic rings. The summed E-state index contributed by atoms with van der Waals surface area (Å²) in [5.74, 6) is -0.655. The largest absolute Gasteiger partial charge is 0.348 e. The van der Waals surface area contributed by atoms with Crippen LogP contribution in [0.1, 0.15) is 47.8 Å². The van der Waals surface area contributed by atoms with Gasteiger partial charge in [-0.15, -0.1) is 0 Å². The molecule has 0 heterocycles. The van der Waals surface area contributed by atoms with Crippen molar-refractivity contribution in [3.63, 3.8) is 0 Å². The molecular weight excluding hydrogens is 465 g/mol. The van der Waals surface area contributed by atoms with Crippen molar-refractivity contribution in [2.45, 2.75) is 51.3 Å². The Bertz CT molecular complexity index is 1240. The van der Waals surface area contributed by atoms with Crippen molar-refractivity contribution >= 4 is 15.9 Å². The van der Waals surface area contributed by atoms with Gasteiger partial charge in [0.05, 0.1) is 4.90 Å². The third kappa shape index (κ3) is 7.71. The van der Waals surface area contributed by atoms with Gasteiger partial charge in [-0.3, -0.25) is 9.69 Å². The van der Waals surface area contributed by atoms with Gasteiger partial charge in [-0.05, 0) is 73.5 Å². The van der Waals surface area contributed by atoms with E-state index in [1.807, 2.05) is 12.1 Å². The first-order chi connectivity index (χ1) is 16.7. The van der Waals surface area contributed by atoms with Gasteiger partial charge in [0.2, 0.25) is 10.0 Å². The van der Waals surface area contributed by atoms with Crippen LogP contribution in [0, 0.1) is 5.82 Å². The first kappa shape index (κ1) is 26.5. The van der Waals surface area contributed by atoms with Gasteiger partial charge >= 0.3 is 0 Å². The van der Waals surface area contributed by atoms with Gasteiger partial charge in [-0.2, -0.15) is 0 Å². The summed E-state index contributed by atoms with van der Waals surface area (Å²) in [4.78, 5) is 15.0. The van der Waals surface area contributed by atoms with E-state index in [1.165, 1.54) is 30.3 Å². The van der Waals surface area contributed by atoms with Gasteiger partial charge in [0.25, 0.3) is 5.91 Å². The molecule has 0 aliphatic carbocycles. The van der Waals surface area contributed by atoms with E-state index in [0.29, 0.717) is 22.7 Å². The topological polar surface area (TPSA) is 78.5 Å². The number of amides is 1. The molecule has 0 aliphatic heterocycles. The van der Waals surface area contributed by atoms with E-state index in [0.717, 1.165) is 18.7 Å². The zero-order valence-electron chi connectivity index (χ0n) is 20.3. The molecule has 0 radical (unpaired) electrons. The Morgan fingerprint density at radius 1 is 0.914 bits per heavy atom. The number of carbonyl (C=O) groups is 1. The average molecular weight is 498 g/mol. The summed E-state index contributed by atoms with van der Waals surface area (Å²) in [5.41, 5.74) is 2.86. The zero-order chi connectivity index (χ0) is 25.4. The lowest BCUT2D eigenvalue weighted by molar-refractivity contribution is 0.0951. The molecule has 0 spiro atoms. The predicted molar refractivity (Wildman–Crippen MR) is 136 cm³/mol. The van der Waals surface area contributed by atoms with Crippen molar-refractivity contribution in [3.05, 3.63) is 101 Å². The van der Waals surface area contributed by atoms with Crippen molar-refractivity contribution in [1.82, 2.24) is 14.9 Å². The molecule has 6 nitrogen and oxygen atoms in total. The van der Waals surface area contributed by atoms with E-state index in [9.17, 15) is 17.6 Å². The highest BCUT2D eigenvalue weighted by Gasteiger charge is 2.15. The SMILES string of the molecule is CCN(Cc1ccc(C(=O)NCc2cccc(S(=O)(=O)NCc3cccc(F)c3)c2)cc1)C(C)C. The van der Waals surface area contributed by atoms with Crippen LogP contribution in [0.2, 0.25) is 0 Å². The summed E-state index contributed by atoms with van der Waals surface area (Å²) in [6, 6.07) is 20.1. The van der Waals surface area contributed by atoms with Gasteiger partial charge in [0, 0.05) is 31.2 Å². The molecule has 0 saturated carbocycles. The van der Waals surface area contributed by atoms with Crippen LogP contribution in [0.15, 0.2) is 77.7 Å². The number of sulfonamides is 1. The Balaban J connectivity index is 1.58. The van der Waals surface area contributed by atoms with Gasteiger partial charge in [-0.1, -0.05) is 43.3 Å². The molecule has 3 aromatic carbocycles.